The average molecular weight is 343 g/mol. The highest BCUT2D eigenvalue weighted by Crippen LogP contribution is 2.36. The van der Waals surface area contributed by atoms with Crippen LogP contribution in [0.4, 0.5) is 23.2 Å². The Hall–Kier alpha value is -2.59. The number of nitrogens with one attached hydrogen (secondary N) is 1. The molecule has 0 aliphatic rings. The standard InChI is InChI=1S/C15H7ClF4N2O/c16-12-5-10(13(17)6-11(12)15(18,19)20)14(23)22-9-3-1-2-8(4-9)7-21/h1-6H,(H,22,23). The smallest absolute Gasteiger partial charge is 0.322 e. The summed E-state index contributed by atoms with van der Waals surface area (Å²) in [4.78, 5) is 12.0. The Labute approximate surface area is 133 Å². The van der Waals surface area contributed by atoms with E-state index in [2.05, 4.69) is 5.32 Å². The molecule has 0 saturated heterocycles. The summed E-state index contributed by atoms with van der Waals surface area (Å²) < 4.78 is 51.6. The van der Waals surface area contributed by atoms with Crippen LogP contribution in [0.5, 0.6) is 0 Å². The second-order valence-electron chi connectivity index (χ2n) is 4.46. The van der Waals surface area contributed by atoms with E-state index in [0.29, 0.717) is 6.07 Å². The Morgan fingerprint density at radius 3 is 2.52 bits per heavy atom. The minimum atomic E-state index is -4.83. The maximum Gasteiger partial charge on any atom is 0.417 e. The summed E-state index contributed by atoms with van der Waals surface area (Å²) in [5, 5.41) is 10.3. The van der Waals surface area contributed by atoms with Gasteiger partial charge >= 0.3 is 6.18 Å². The molecule has 0 aliphatic heterocycles. The number of rotatable bonds is 2. The first-order valence-corrected chi connectivity index (χ1v) is 6.48. The van der Waals surface area contributed by atoms with Crippen molar-refractivity contribution in [2.75, 3.05) is 5.32 Å². The van der Waals surface area contributed by atoms with Crippen molar-refractivity contribution >= 4 is 23.2 Å². The Balaban J connectivity index is 2.33. The SMILES string of the molecule is N#Cc1cccc(NC(=O)c2cc(Cl)c(C(F)(F)F)cc2F)c1. The van der Waals surface area contributed by atoms with Gasteiger partial charge in [-0.3, -0.25) is 4.79 Å². The first-order valence-electron chi connectivity index (χ1n) is 6.10. The Bertz CT molecular complexity index is 812. The van der Waals surface area contributed by atoms with Gasteiger partial charge in [-0.2, -0.15) is 18.4 Å². The van der Waals surface area contributed by atoms with Crippen LogP contribution in [0.25, 0.3) is 0 Å². The molecule has 23 heavy (non-hydrogen) atoms. The van der Waals surface area contributed by atoms with Crippen LogP contribution in [0.3, 0.4) is 0 Å². The summed E-state index contributed by atoms with van der Waals surface area (Å²) in [6.07, 6.45) is -4.83. The van der Waals surface area contributed by atoms with Gasteiger partial charge in [0.2, 0.25) is 0 Å². The Morgan fingerprint density at radius 2 is 1.91 bits per heavy atom. The molecule has 0 bridgehead atoms. The van der Waals surface area contributed by atoms with E-state index in [1.54, 1.807) is 0 Å². The van der Waals surface area contributed by atoms with E-state index in [1.807, 2.05) is 6.07 Å². The highest BCUT2D eigenvalue weighted by Gasteiger charge is 2.34. The lowest BCUT2D eigenvalue weighted by molar-refractivity contribution is -0.137. The number of carbonyl (C=O) groups excluding carboxylic acids is 1. The molecule has 118 valence electrons. The predicted octanol–water partition coefficient (Wildman–Crippen LogP) is 4.62. The number of hydrogen-bond acceptors (Lipinski definition) is 2. The zero-order valence-electron chi connectivity index (χ0n) is 11.2. The molecule has 1 N–H and O–H groups in total. The van der Waals surface area contributed by atoms with Crippen molar-refractivity contribution in [2.45, 2.75) is 6.18 Å². The van der Waals surface area contributed by atoms with Gasteiger partial charge in [0.15, 0.2) is 0 Å². The van der Waals surface area contributed by atoms with Crippen LogP contribution in [0.1, 0.15) is 21.5 Å². The maximum absolute atomic E-state index is 13.8. The molecular weight excluding hydrogens is 336 g/mol. The van der Waals surface area contributed by atoms with Crippen LogP contribution in [0.15, 0.2) is 36.4 Å². The van der Waals surface area contributed by atoms with Gasteiger partial charge < -0.3 is 5.32 Å². The minimum Gasteiger partial charge on any atom is -0.322 e. The molecule has 0 fully saturated rings. The van der Waals surface area contributed by atoms with Gasteiger partial charge in [0.05, 0.1) is 27.8 Å². The number of nitriles is 1. The van der Waals surface area contributed by atoms with Gasteiger partial charge in [-0.1, -0.05) is 17.7 Å². The van der Waals surface area contributed by atoms with Crippen LogP contribution >= 0.6 is 11.6 Å². The van der Waals surface area contributed by atoms with E-state index in [-0.39, 0.29) is 17.3 Å². The number of benzene rings is 2. The topological polar surface area (TPSA) is 52.9 Å². The monoisotopic (exact) mass is 342 g/mol. The summed E-state index contributed by atoms with van der Waals surface area (Å²) >= 11 is 5.47. The third-order valence-electron chi connectivity index (χ3n) is 2.86. The van der Waals surface area contributed by atoms with Crippen LogP contribution in [0, 0.1) is 17.1 Å². The quantitative estimate of drug-likeness (QED) is 0.809. The molecule has 0 radical (unpaired) electrons. The first kappa shape index (κ1) is 16.8. The van der Waals surface area contributed by atoms with Crippen LogP contribution in [-0.4, -0.2) is 5.91 Å². The van der Waals surface area contributed by atoms with E-state index in [9.17, 15) is 22.4 Å². The summed E-state index contributed by atoms with van der Waals surface area (Å²) in [7, 11) is 0. The molecule has 3 nitrogen and oxygen atoms in total. The van der Waals surface area contributed by atoms with E-state index < -0.39 is 34.1 Å². The van der Waals surface area contributed by atoms with E-state index in [1.165, 1.54) is 24.3 Å². The fraction of sp³-hybridized carbons (Fsp3) is 0.0667. The highest BCUT2D eigenvalue weighted by atomic mass is 35.5. The first-order chi connectivity index (χ1) is 10.7. The summed E-state index contributed by atoms with van der Waals surface area (Å²) in [5.41, 5.74) is -1.54. The van der Waals surface area contributed by atoms with Crippen molar-refractivity contribution in [3.63, 3.8) is 0 Å². The van der Waals surface area contributed by atoms with Crippen molar-refractivity contribution in [1.82, 2.24) is 0 Å². The van der Waals surface area contributed by atoms with Gasteiger partial charge in [-0.25, -0.2) is 4.39 Å². The molecule has 0 aliphatic carbocycles. The summed E-state index contributed by atoms with van der Waals surface area (Å²) in [5.74, 6) is -2.33. The molecule has 8 heteroatoms. The molecule has 2 aromatic carbocycles. The lowest BCUT2D eigenvalue weighted by atomic mass is 10.1. The van der Waals surface area contributed by atoms with Gasteiger partial charge in [-0.15, -0.1) is 0 Å². The van der Waals surface area contributed by atoms with Crippen molar-refractivity contribution in [2.24, 2.45) is 0 Å². The molecule has 0 spiro atoms. The molecule has 0 atom stereocenters. The number of alkyl halides is 3. The number of anilines is 1. The molecule has 2 aromatic rings. The van der Waals surface area contributed by atoms with E-state index >= 15 is 0 Å². The van der Waals surface area contributed by atoms with Crippen molar-refractivity contribution in [1.29, 1.82) is 5.26 Å². The number of hydrogen-bond donors (Lipinski definition) is 1. The van der Waals surface area contributed by atoms with Gasteiger partial charge in [0.25, 0.3) is 5.91 Å². The fourth-order valence-electron chi connectivity index (χ4n) is 1.80. The molecule has 0 unspecified atom stereocenters. The van der Waals surface area contributed by atoms with Gasteiger partial charge in [0, 0.05) is 5.69 Å². The Kier molecular flexibility index (Phi) is 4.57. The van der Waals surface area contributed by atoms with Crippen molar-refractivity contribution < 1.29 is 22.4 Å². The largest absolute Gasteiger partial charge is 0.417 e. The predicted molar refractivity (Wildman–Crippen MR) is 75.5 cm³/mol. The van der Waals surface area contributed by atoms with Gasteiger partial charge in [-0.05, 0) is 30.3 Å². The fourth-order valence-corrected chi connectivity index (χ4v) is 2.07. The van der Waals surface area contributed by atoms with Crippen molar-refractivity contribution in [3.8, 4) is 6.07 Å². The van der Waals surface area contributed by atoms with Crippen LogP contribution in [0.2, 0.25) is 5.02 Å². The maximum atomic E-state index is 13.8. The second kappa shape index (κ2) is 6.26. The zero-order chi connectivity index (χ0) is 17.2. The molecular formula is C15H7ClF4N2O. The van der Waals surface area contributed by atoms with E-state index in [4.69, 9.17) is 16.9 Å². The normalized spacial score (nSPS) is 11.0. The third-order valence-corrected chi connectivity index (χ3v) is 3.17. The number of nitrogens with zero attached hydrogens (tertiary/aromatic N) is 1. The second-order valence-corrected chi connectivity index (χ2v) is 4.86. The summed E-state index contributed by atoms with van der Waals surface area (Å²) in [6, 6.07) is 8.40. The highest BCUT2D eigenvalue weighted by molar-refractivity contribution is 6.32. The van der Waals surface area contributed by atoms with Crippen LogP contribution in [-0.2, 0) is 6.18 Å². The third kappa shape index (κ3) is 3.79. The number of amides is 1. The summed E-state index contributed by atoms with van der Waals surface area (Å²) in [6.45, 7) is 0. The molecule has 2 rings (SSSR count). The number of halogens is 5. The zero-order valence-corrected chi connectivity index (χ0v) is 12.0. The molecule has 0 heterocycles. The molecule has 0 saturated carbocycles. The Morgan fingerprint density at radius 1 is 1.22 bits per heavy atom. The number of carbonyl (C=O) groups is 1. The average Bonchev–Trinajstić information content (AvgIpc) is 2.48. The molecule has 0 aromatic heterocycles. The minimum absolute atomic E-state index is 0.170. The van der Waals surface area contributed by atoms with Crippen molar-refractivity contribution in [3.05, 3.63) is 63.9 Å². The van der Waals surface area contributed by atoms with Gasteiger partial charge in [0.1, 0.15) is 5.82 Å². The van der Waals surface area contributed by atoms with E-state index in [0.717, 1.165) is 0 Å². The lowest BCUT2D eigenvalue weighted by Crippen LogP contribution is -2.16. The molecule has 1 amide bonds. The lowest BCUT2D eigenvalue weighted by Gasteiger charge is -2.12. The van der Waals surface area contributed by atoms with Crippen LogP contribution < -0.4 is 5.32 Å².